The van der Waals surface area contributed by atoms with E-state index in [1.807, 2.05) is 49.6 Å². The second-order valence-electron chi connectivity index (χ2n) is 7.52. The number of hydrogen-bond donors (Lipinski definition) is 1. The summed E-state index contributed by atoms with van der Waals surface area (Å²) >= 11 is 3.07. The average Bonchev–Trinajstić information content (AvgIpc) is 3.50. The summed E-state index contributed by atoms with van der Waals surface area (Å²) in [5, 5.41) is 2.54. The molecule has 3 aromatic heterocycles. The molecule has 0 spiro atoms. The third-order valence-electron chi connectivity index (χ3n) is 5.36. The van der Waals surface area contributed by atoms with Crippen molar-refractivity contribution in [2.45, 2.75) is 26.8 Å². The van der Waals surface area contributed by atoms with Crippen molar-refractivity contribution in [1.29, 1.82) is 0 Å². The molecule has 5 rings (SSSR count). The predicted molar refractivity (Wildman–Crippen MR) is 126 cm³/mol. The van der Waals surface area contributed by atoms with Gasteiger partial charge in [-0.15, -0.1) is 22.7 Å². The van der Waals surface area contributed by atoms with Crippen LogP contribution in [0.15, 0.2) is 40.5 Å². The van der Waals surface area contributed by atoms with Crippen molar-refractivity contribution in [1.82, 2.24) is 14.9 Å². The Morgan fingerprint density at radius 2 is 2.06 bits per heavy atom. The van der Waals surface area contributed by atoms with E-state index in [1.54, 1.807) is 16.2 Å². The summed E-state index contributed by atoms with van der Waals surface area (Å²) in [5.41, 5.74) is 1.64. The number of aromatic nitrogens is 2. The summed E-state index contributed by atoms with van der Waals surface area (Å²) in [4.78, 5) is 37.8. The molecule has 32 heavy (non-hydrogen) atoms. The molecule has 1 amide bonds. The third kappa shape index (κ3) is 3.89. The van der Waals surface area contributed by atoms with Crippen molar-refractivity contribution < 1.29 is 14.3 Å². The normalized spacial score (nSPS) is 12.4. The highest BCUT2D eigenvalue weighted by Gasteiger charge is 2.19. The fourth-order valence-electron chi connectivity index (χ4n) is 3.73. The second-order valence-corrected chi connectivity index (χ2v) is 9.67. The van der Waals surface area contributed by atoms with Gasteiger partial charge < -0.3 is 19.4 Å². The van der Waals surface area contributed by atoms with Crippen LogP contribution in [0.25, 0.3) is 20.7 Å². The lowest BCUT2D eigenvalue weighted by atomic mass is 10.1. The summed E-state index contributed by atoms with van der Waals surface area (Å²) in [7, 11) is 0. The van der Waals surface area contributed by atoms with Crippen molar-refractivity contribution in [3.05, 3.63) is 62.3 Å². The van der Waals surface area contributed by atoms with Gasteiger partial charge in [0.1, 0.15) is 10.7 Å². The fourth-order valence-corrected chi connectivity index (χ4v) is 5.65. The number of aryl methyl sites for hydroxylation is 1. The molecule has 164 valence electrons. The number of ether oxygens (including phenoxy) is 2. The van der Waals surface area contributed by atoms with Crippen molar-refractivity contribution in [3.63, 3.8) is 0 Å². The lowest BCUT2D eigenvalue weighted by Crippen LogP contribution is -2.32. The molecule has 0 bridgehead atoms. The molecule has 0 atom stereocenters. The van der Waals surface area contributed by atoms with Crippen LogP contribution in [0.1, 0.15) is 23.2 Å². The molecule has 7 nitrogen and oxygen atoms in total. The standard InChI is InChI=1S/C23H21N3O4S2/c1-3-26(10-14-5-6-16-17(8-14)30-12-29-16)20(27)9-19-24-22(28)21-15(11-31-23(21)25-19)18-7-4-13(2)32-18/h4-8,11H,3,9-10,12H2,1-2H3,(H,24,25,28). The van der Waals surface area contributed by atoms with Gasteiger partial charge in [0.2, 0.25) is 12.7 Å². The minimum atomic E-state index is -0.209. The van der Waals surface area contributed by atoms with Crippen LogP contribution in [-0.2, 0) is 17.8 Å². The highest BCUT2D eigenvalue weighted by atomic mass is 32.1. The molecule has 0 saturated carbocycles. The third-order valence-corrected chi connectivity index (χ3v) is 7.27. The second kappa shape index (κ2) is 8.40. The van der Waals surface area contributed by atoms with Gasteiger partial charge in [0.05, 0.1) is 11.8 Å². The van der Waals surface area contributed by atoms with Gasteiger partial charge in [-0.2, -0.15) is 0 Å². The van der Waals surface area contributed by atoms with Gasteiger partial charge in [0.15, 0.2) is 11.5 Å². The van der Waals surface area contributed by atoms with E-state index in [4.69, 9.17) is 9.47 Å². The Morgan fingerprint density at radius 3 is 2.84 bits per heavy atom. The van der Waals surface area contributed by atoms with Crippen LogP contribution in [0.2, 0.25) is 0 Å². The molecule has 0 saturated heterocycles. The first-order valence-corrected chi connectivity index (χ1v) is 11.9. The van der Waals surface area contributed by atoms with E-state index in [0.29, 0.717) is 40.6 Å². The molecule has 1 aliphatic rings. The zero-order chi connectivity index (χ0) is 22.2. The Bertz CT molecular complexity index is 1370. The van der Waals surface area contributed by atoms with Gasteiger partial charge in [-0.1, -0.05) is 6.07 Å². The molecule has 1 aliphatic heterocycles. The maximum absolute atomic E-state index is 13.0. The number of nitrogens with zero attached hydrogens (tertiary/aromatic N) is 2. The Balaban J connectivity index is 1.36. The van der Waals surface area contributed by atoms with E-state index in [2.05, 4.69) is 9.97 Å². The average molecular weight is 468 g/mol. The highest BCUT2D eigenvalue weighted by molar-refractivity contribution is 7.19. The zero-order valence-electron chi connectivity index (χ0n) is 17.6. The van der Waals surface area contributed by atoms with Crippen molar-refractivity contribution >= 4 is 38.8 Å². The first kappa shape index (κ1) is 20.7. The van der Waals surface area contributed by atoms with Gasteiger partial charge in [-0.25, -0.2) is 4.98 Å². The summed E-state index contributed by atoms with van der Waals surface area (Å²) in [6.07, 6.45) is 0.0366. The number of amides is 1. The topological polar surface area (TPSA) is 84.5 Å². The molecule has 0 unspecified atom stereocenters. The van der Waals surface area contributed by atoms with Crippen molar-refractivity contribution in [2.75, 3.05) is 13.3 Å². The Hall–Kier alpha value is -3.17. The summed E-state index contributed by atoms with van der Waals surface area (Å²) in [6.45, 7) is 5.17. The number of thiophene rings is 2. The number of nitrogens with one attached hydrogen (secondary N) is 1. The van der Waals surface area contributed by atoms with Gasteiger partial charge >= 0.3 is 0 Å². The minimum absolute atomic E-state index is 0.0366. The molecule has 1 aromatic carbocycles. The summed E-state index contributed by atoms with van der Waals surface area (Å²) in [6, 6.07) is 9.73. The Labute approximate surface area is 192 Å². The Kier molecular flexibility index (Phi) is 5.44. The van der Waals surface area contributed by atoms with Crippen molar-refractivity contribution in [3.8, 4) is 21.9 Å². The van der Waals surface area contributed by atoms with Gasteiger partial charge in [-0.3, -0.25) is 9.59 Å². The molecule has 0 radical (unpaired) electrons. The largest absolute Gasteiger partial charge is 0.454 e. The molecule has 0 fully saturated rings. The van der Waals surface area contributed by atoms with E-state index >= 15 is 0 Å². The van der Waals surface area contributed by atoms with Gasteiger partial charge in [0.25, 0.3) is 5.56 Å². The van der Waals surface area contributed by atoms with Crippen LogP contribution < -0.4 is 15.0 Å². The first-order valence-electron chi connectivity index (χ1n) is 10.3. The number of fused-ring (bicyclic) bond motifs is 2. The number of rotatable bonds is 6. The zero-order valence-corrected chi connectivity index (χ0v) is 19.3. The summed E-state index contributed by atoms with van der Waals surface area (Å²) < 4.78 is 10.8. The van der Waals surface area contributed by atoms with Crippen LogP contribution in [0.5, 0.6) is 11.5 Å². The molecule has 1 N–H and O–H groups in total. The molecule has 4 heterocycles. The molecular weight excluding hydrogens is 446 g/mol. The maximum Gasteiger partial charge on any atom is 0.260 e. The van der Waals surface area contributed by atoms with E-state index in [0.717, 1.165) is 16.0 Å². The molecule has 4 aromatic rings. The number of H-pyrrole nitrogens is 1. The number of benzene rings is 1. The minimum Gasteiger partial charge on any atom is -0.454 e. The van der Waals surface area contributed by atoms with Crippen LogP contribution in [-0.4, -0.2) is 34.1 Å². The van der Waals surface area contributed by atoms with Crippen LogP contribution in [0.4, 0.5) is 0 Å². The summed E-state index contributed by atoms with van der Waals surface area (Å²) in [5.74, 6) is 1.69. The number of aromatic amines is 1. The van der Waals surface area contributed by atoms with Gasteiger partial charge in [0, 0.05) is 33.8 Å². The number of hydrogen-bond acceptors (Lipinski definition) is 7. The van der Waals surface area contributed by atoms with E-state index in [9.17, 15) is 9.59 Å². The van der Waals surface area contributed by atoms with Crippen LogP contribution in [0, 0.1) is 6.92 Å². The molecule has 0 aliphatic carbocycles. The molecular formula is C23H21N3O4S2. The predicted octanol–water partition coefficient (Wildman–Crippen LogP) is 4.34. The maximum atomic E-state index is 13.0. The van der Waals surface area contributed by atoms with E-state index < -0.39 is 0 Å². The lowest BCUT2D eigenvalue weighted by molar-refractivity contribution is -0.131. The van der Waals surface area contributed by atoms with Crippen LogP contribution >= 0.6 is 22.7 Å². The fraction of sp³-hybridized carbons (Fsp3) is 0.261. The van der Waals surface area contributed by atoms with Crippen LogP contribution in [0.3, 0.4) is 0 Å². The SMILES string of the molecule is CCN(Cc1ccc2c(c1)OCO2)C(=O)Cc1nc2scc(-c3ccc(C)s3)c2c(=O)[nH]1. The number of carbonyl (C=O) groups is 1. The Morgan fingerprint density at radius 1 is 1.22 bits per heavy atom. The highest BCUT2D eigenvalue weighted by Crippen LogP contribution is 2.35. The monoisotopic (exact) mass is 467 g/mol. The quantitative estimate of drug-likeness (QED) is 0.456. The molecule has 9 heteroatoms. The number of carbonyl (C=O) groups excluding carboxylic acids is 1. The number of likely N-dealkylation sites (N-methyl/N-ethyl adjacent to an activating group) is 1. The van der Waals surface area contributed by atoms with E-state index in [-0.39, 0.29) is 24.7 Å². The van der Waals surface area contributed by atoms with E-state index in [1.165, 1.54) is 16.2 Å². The van der Waals surface area contributed by atoms with Gasteiger partial charge in [-0.05, 0) is 43.7 Å². The smallest absolute Gasteiger partial charge is 0.260 e. The lowest BCUT2D eigenvalue weighted by Gasteiger charge is -2.21. The first-order chi connectivity index (χ1) is 15.5. The van der Waals surface area contributed by atoms with Crippen molar-refractivity contribution in [2.24, 2.45) is 0 Å².